The molecule has 14 heavy (non-hydrogen) atoms. The van der Waals surface area contributed by atoms with Crippen LogP contribution in [0, 0.1) is 5.41 Å². The molecule has 1 rings (SSSR count). The Kier molecular flexibility index (Phi) is 2.91. The minimum Gasteiger partial charge on any atom is -0.468 e. The molecule has 0 aromatic carbocycles. The molecule has 0 radical (unpaired) electrons. The van der Waals surface area contributed by atoms with Crippen molar-refractivity contribution >= 4 is 5.97 Å². The van der Waals surface area contributed by atoms with Crippen molar-refractivity contribution in [3.8, 4) is 0 Å². The largest absolute Gasteiger partial charge is 0.468 e. The van der Waals surface area contributed by atoms with E-state index in [1.807, 2.05) is 13.8 Å². The lowest BCUT2D eigenvalue weighted by atomic mass is 9.93. The minimum atomic E-state index is -0.484. The molecule has 1 saturated heterocycles. The van der Waals surface area contributed by atoms with Crippen molar-refractivity contribution in [2.24, 2.45) is 5.41 Å². The Morgan fingerprint density at radius 1 is 1.43 bits per heavy atom. The van der Waals surface area contributed by atoms with Crippen LogP contribution in [0.25, 0.3) is 0 Å². The number of nitrogens with zero attached hydrogens (tertiary/aromatic N) is 1. The molecule has 1 heterocycles. The minimum absolute atomic E-state index is 0.143. The summed E-state index contributed by atoms with van der Waals surface area (Å²) in [5.74, 6) is -0.143. The number of ether oxygens (including phenoxy) is 1. The second-order valence-electron chi connectivity index (χ2n) is 5.39. The van der Waals surface area contributed by atoms with Gasteiger partial charge >= 0.3 is 5.97 Å². The molecule has 3 nitrogen and oxygen atoms in total. The van der Waals surface area contributed by atoms with Gasteiger partial charge in [0.1, 0.15) is 5.54 Å². The smallest absolute Gasteiger partial charge is 0.325 e. The predicted molar refractivity (Wildman–Crippen MR) is 56.1 cm³/mol. The Balaban J connectivity index is 2.71. The third-order valence-corrected chi connectivity index (χ3v) is 3.15. The first-order chi connectivity index (χ1) is 6.29. The van der Waals surface area contributed by atoms with E-state index in [9.17, 15) is 4.79 Å². The van der Waals surface area contributed by atoms with Gasteiger partial charge in [-0.05, 0) is 32.2 Å². The molecular formula is C11H21NO2. The lowest BCUT2D eigenvalue weighted by Gasteiger charge is -2.33. The molecule has 0 aromatic heterocycles. The number of hydrogen-bond donors (Lipinski definition) is 0. The van der Waals surface area contributed by atoms with Gasteiger partial charge in [0.25, 0.3) is 0 Å². The van der Waals surface area contributed by atoms with Crippen LogP contribution in [0.5, 0.6) is 0 Å². The van der Waals surface area contributed by atoms with Gasteiger partial charge in [-0.3, -0.25) is 9.69 Å². The maximum atomic E-state index is 11.6. The lowest BCUT2D eigenvalue weighted by Crippen LogP contribution is -2.49. The number of esters is 1. The van der Waals surface area contributed by atoms with Gasteiger partial charge in [0.2, 0.25) is 0 Å². The Hall–Kier alpha value is -0.570. The molecule has 82 valence electrons. The summed E-state index contributed by atoms with van der Waals surface area (Å²) in [4.78, 5) is 13.8. The topological polar surface area (TPSA) is 29.5 Å². The van der Waals surface area contributed by atoms with Crippen LogP contribution in [0.2, 0.25) is 0 Å². The second-order valence-corrected chi connectivity index (χ2v) is 5.39. The normalized spacial score (nSPS) is 22.4. The van der Waals surface area contributed by atoms with Crippen LogP contribution in [0.4, 0.5) is 0 Å². The summed E-state index contributed by atoms with van der Waals surface area (Å²) in [5, 5.41) is 0. The van der Waals surface area contributed by atoms with Gasteiger partial charge in [-0.15, -0.1) is 0 Å². The van der Waals surface area contributed by atoms with E-state index in [-0.39, 0.29) is 5.97 Å². The first kappa shape index (κ1) is 11.5. The fraction of sp³-hybridized carbons (Fsp3) is 0.909. The van der Waals surface area contributed by atoms with E-state index in [1.54, 1.807) is 0 Å². The molecule has 0 spiro atoms. The van der Waals surface area contributed by atoms with Crippen molar-refractivity contribution in [3.05, 3.63) is 0 Å². The summed E-state index contributed by atoms with van der Waals surface area (Å²) in [6, 6.07) is 0. The number of likely N-dealkylation sites (tertiary alicyclic amines) is 1. The highest BCUT2D eigenvalue weighted by Gasteiger charge is 2.42. The maximum absolute atomic E-state index is 11.6. The van der Waals surface area contributed by atoms with Gasteiger partial charge in [-0.25, -0.2) is 0 Å². The molecule has 0 unspecified atom stereocenters. The molecule has 0 atom stereocenters. The van der Waals surface area contributed by atoms with E-state index in [0.717, 1.165) is 19.5 Å². The standard InChI is InChI=1S/C11H21NO2/c1-10(2)6-7-12(8-10)11(3,4)9(13)14-5/h6-8H2,1-5H3. The van der Waals surface area contributed by atoms with Gasteiger partial charge in [0.05, 0.1) is 7.11 Å². The Morgan fingerprint density at radius 2 is 2.00 bits per heavy atom. The predicted octanol–water partition coefficient (Wildman–Crippen LogP) is 1.67. The van der Waals surface area contributed by atoms with Crippen molar-refractivity contribution in [2.45, 2.75) is 39.7 Å². The second kappa shape index (κ2) is 3.54. The SMILES string of the molecule is COC(=O)C(C)(C)N1CCC(C)(C)C1. The van der Waals surface area contributed by atoms with Gasteiger partial charge in [0, 0.05) is 6.54 Å². The van der Waals surface area contributed by atoms with E-state index in [2.05, 4.69) is 18.7 Å². The van der Waals surface area contributed by atoms with Crippen molar-refractivity contribution in [2.75, 3.05) is 20.2 Å². The first-order valence-electron chi connectivity index (χ1n) is 5.13. The highest BCUT2D eigenvalue weighted by Crippen LogP contribution is 2.33. The molecule has 1 fully saturated rings. The van der Waals surface area contributed by atoms with Crippen LogP contribution in [0.15, 0.2) is 0 Å². The number of hydrogen-bond acceptors (Lipinski definition) is 3. The summed E-state index contributed by atoms with van der Waals surface area (Å²) in [5.41, 5.74) is -0.159. The zero-order valence-corrected chi connectivity index (χ0v) is 9.89. The van der Waals surface area contributed by atoms with Gasteiger partial charge < -0.3 is 4.74 Å². The van der Waals surface area contributed by atoms with E-state index in [4.69, 9.17) is 4.74 Å². The summed E-state index contributed by atoms with van der Waals surface area (Å²) in [6.45, 7) is 10.3. The molecule has 3 heteroatoms. The van der Waals surface area contributed by atoms with Crippen LogP contribution in [-0.2, 0) is 9.53 Å². The third kappa shape index (κ3) is 2.08. The Bertz CT molecular complexity index is 233. The average Bonchev–Trinajstić information content (AvgIpc) is 2.45. The molecular weight excluding hydrogens is 178 g/mol. The van der Waals surface area contributed by atoms with Crippen molar-refractivity contribution in [3.63, 3.8) is 0 Å². The monoisotopic (exact) mass is 199 g/mol. The van der Waals surface area contributed by atoms with E-state index < -0.39 is 5.54 Å². The van der Waals surface area contributed by atoms with E-state index in [1.165, 1.54) is 7.11 Å². The zero-order valence-electron chi connectivity index (χ0n) is 9.89. The lowest BCUT2D eigenvalue weighted by molar-refractivity contribution is -0.152. The Labute approximate surface area is 86.4 Å². The van der Waals surface area contributed by atoms with Crippen molar-refractivity contribution in [1.82, 2.24) is 4.90 Å². The number of methoxy groups -OCH3 is 1. The number of carbonyl (C=O) groups is 1. The van der Waals surface area contributed by atoms with Crippen LogP contribution in [-0.4, -0.2) is 36.6 Å². The third-order valence-electron chi connectivity index (χ3n) is 3.15. The molecule has 0 N–H and O–H groups in total. The highest BCUT2D eigenvalue weighted by molar-refractivity contribution is 5.79. The van der Waals surface area contributed by atoms with Gasteiger partial charge in [0.15, 0.2) is 0 Å². The van der Waals surface area contributed by atoms with Crippen molar-refractivity contribution < 1.29 is 9.53 Å². The fourth-order valence-electron chi connectivity index (χ4n) is 1.97. The first-order valence-corrected chi connectivity index (χ1v) is 5.13. The molecule has 0 bridgehead atoms. The zero-order chi connectivity index (χ0) is 11.0. The summed E-state index contributed by atoms with van der Waals surface area (Å²) < 4.78 is 4.81. The average molecular weight is 199 g/mol. The van der Waals surface area contributed by atoms with Gasteiger partial charge in [-0.2, -0.15) is 0 Å². The van der Waals surface area contributed by atoms with E-state index >= 15 is 0 Å². The van der Waals surface area contributed by atoms with Crippen molar-refractivity contribution in [1.29, 1.82) is 0 Å². The quantitative estimate of drug-likeness (QED) is 0.634. The molecule has 1 aliphatic rings. The maximum Gasteiger partial charge on any atom is 0.325 e. The number of carbonyl (C=O) groups excluding carboxylic acids is 1. The molecule has 0 aliphatic carbocycles. The van der Waals surface area contributed by atoms with Crippen LogP contribution >= 0.6 is 0 Å². The number of rotatable bonds is 2. The molecule has 0 aromatic rings. The van der Waals surface area contributed by atoms with Crippen LogP contribution < -0.4 is 0 Å². The van der Waals surface area contributed by atoms with Gasteiger partial charge in [-0.1, -0.05) is 13.8 Å². The molecule has 0 amide bonds. The fourth-order valence-corrected chi connectivity index (χ4v) is 1.97. The van der Waals surface area contributed by atoms with Crippen LogP contribution in [0.3, 0.4) is 0 Å². The highest BCUT2D eigenvalue weighted by atomic mass is 16.5. The van der Waals surface area contributed by atoms with Crippen LogP contribution in [0.1, 0.15) is 34.1 Å². The Morgan fingerprint density at radius 3 is 2.36 bits per heavy atom. The summed E-state index contributed by atoms with van der Waals surface area (Å²) in [7, 11) is 1.45. The molecule has 1 aliphatic heterocycles. The molecule has 0 saturated carbocycles. The van der Waals surface area contributed by atoms with E-state index in [0.29, 0.717) is 5.41 Å². The summed E-state index contributed by atoms with van der Waals surface area (Å²) >= 11 is 0. The summed E-state index contributed by atoms with van der Waals surface area (Å²) in [6.07, 6.45) is 1.15.